The summed E-state index contributed by atoms with van der Waals surface area (Å²) in [6.07, 6.45) is 9.39. The van der Waals surface area contributed by atoms with Gasteiger partial charge in [-0.2, -0.15) is 0 Å². The van der Waals surface area contributed by atoms with Crippen LogP contribution in [0.3, 0.4) is 0 Å². The van der Waals surface area contributed by atoms with Crippen molar-refractivity contribution in [2.75, 3.05) is 13.2 Å². The van der Waals surface area contributed by atoms with E-state index >= 15 is 0 Å². The molecule has 1 saturated carbocycles. The van der Waals surface area contributed by atoms with E-state index in [1.807, 2.05) is 12.4 Å². The SMILES string of the molecule is CC1CCCC(CO)(NCCc2ccncc2)C1. The van der Waals surface area contributed by atoms with Crippen molar-refractivity contribution in [2.45, 2.75) is 44.6 Å². The molecule has 0 amide bonds. The molecule has 1 aliphatic rings. The van der Waals surface area contributed by atoms with Gasteiger partial charge in [0.1, 0.15) is 0 Å². The molecule has 0 aliphatic heterocycles. The normalized spacial score (nSPS) is 28.2. The van der Waals surface area contributed by atoms with E-state index in [1.165, 1.54) is 18.4 Å². The third-order valence-electron chi connectivity index (χ3n) is 4.06. The fourth-order valence-corrected chi connectivity index (χ4v) is 3.04. The van der Waals surface area contributed by atoms with Gasteiger partial charge in [-0.1, -0.05) is 19.8 Å². The fraction of sp³-hybridized carbons (Fsp3) is 0.667. The summed E-state index contributed by atoms with van der Waals surface area (Å²) in [6.45, 7) is 3.47. The van der Waals surface area contributed by atoms with E-state index in [-0.39, 0.29) is 12.1 Å². The Balaban J connectivity index is 1.83. The van der Waals surface area contributed by atoms with Gasteiger partial charge in [0.15, 0.2) is 0 Å². The summed E-state index contributed by atoms with van der Waals surface area (Å²) >= 11 is 0. The van der Waals surface area contributed by atoms with Crippen LogP contribution in [0.2, 0.25) is 0 Å². The Morgan fingerprint density at radius 3 is 2.89 bits per heavy atom. The van der Waals surface area contributed by atoms with E-state index < -0.39 is 0 Å². The Morgan fingerprint density at radius 2 is 2.22 bits per heavy atom. The molecule has 1 aromatic heterocycles. The van der Waals surface area contributed by atoms with Gasteiger partial charge >= 0.3 is 0 Å². The number of hydrogen-bond donors (Lipinski definition) is 2. The lowest BCUT2D eigenvalue weighted by molar-refractivity contribution is 0.100. The van der Waals surface area contributed by atoms with E-state index in [1.54, 1.807) is 0 Å². The number of nitrogens with zero attached hydrogens (tertiary/aromatic N) is 1. The average Bonchev–Trinajstić information content (AvgIpc) is 2.40. The summed E-state index contributed by atoms with van der Waals surface area (Å²) in [4.78, 5) is 4.02. The summed E-state index contributed by atoms with van der Waals surface area (Å²) in [7, 11) is 0. The van der Waals surface area contributed by atoms with Crippen LogP contribution in [0.5, 0.6) is 0 Å². The highest BCUT2D eigenvalue weighted by atomic mass is 16.3. The molecule has 2 unspecified atom stereocenters. The molecule has 100 valence electrons. The quantitative estimate of drug-likeness (QED) is 0.839. The number of aliphatic hydroxyl groups excluding tert-OH is 1. The molecule has 0 radical (unpaired) electrons. The van der Waals surface area contributed by atoms with Crippen LogP contribution in [-0.2, 0) is 6.42 Å². The molecule has 0 aromatic carbocycles. The fourth-order valence-electron chi connectivity index (χ4n) is 3.04. The van der Waals surface area contributed by atoms with Crippen LogP contribution in [0.1, 0.15) is 38.2 Å². The van der Waals surface area contributed by atoms with Crippen LogP contribution in [0.4, 0.5) is 0 Å². The van der Waals surface area contributed by atoms with Gasteiger partial charge in [0.25, 0.3) is 0 Å². The Hall–Kier alpha value is -0.930. The van der Waals surface area contributed by atoms with Crippen molar-refractivity contribution < 1.29 is 5.11 Å². The van der Waals surface area contributed by atoms with Gasteiger partial charge in [0, 0.05) is 17.9 Å². The minimum Gasteiger partial charge on any atom is -0.394 e. The van der Waals surface area contributed by atoms with Gasteiger partial charge in [-0.15, -0.1) is 0 Å². The van der Waals surface area contributed by atoms with Gasteiger partial charge < -0.3 is 10.4 Å². The van der Waals surface area contributed by atoms with Crippen molar-refractivity contribution in [3.8, 4) is 0 Å². The summed E-state index contributed by atoms with van der Waals surface area (Å²) in [5, 5.41) is 13.3. The molecule has 1 aromatic rings. The van der Waals surface area contributed by atoms with Crippen LogP contribution >= 0.6 is 0 Å². The highest BCUT2D eigenvalue weighted by Crippen LogP contribution is 2.31. The standard InChI is InChI=1S/C15H24N2O/c1-13-3-2-7-15(11-13,12-18)17-10-6-14-4-8-16-9-5-14/h4-5,8-9,13,17-18H,2-3,6-7,10-12H2,1H3. The summed E-state index contributed by atoms with van der Waals surface area (Å²) in [5.41, 5.74) is 1.26. The molecule has 3 heteroatoms. The second-order valence-corrected chi connectivity index (χ2v) is 5.67. The molecule has 0 spiro atoms. The van der Waals surface area contributed by atoms with E-state index in [9.17, 15) is 5.11 Å². The maximum Gasteiger partial charge on any atom is 0.0613 e. The Kier molecular flexibility index (Phi) is 4.72. The average molecular weight is 248 g/mol. The van der Waals surface area contributed by atoms with Gasteiger partial charge in [0.05, 0.1) is 6.61 Å². The number of aliphatic hydroxyl groups is 1. The minimum atomic E-state index is -0.0370. The van der Waals surface area contributed by atoms with Gasteiger partial charge in [-0.05, 0) is 49.4 Å². The van der Waals surface area contributed by atoms with Crippen molar-refractivity contribution in [1.29, 1.82) is 0 Å². The number of nitrogens with one attached hydrogen (secondary N) is 1. The zero-order valence-corrected chi connectivity index (χ0v) is 11.2. The topological polar surface area (TPSA) is 45.1 Å². The first-order chi connectivity index (χ1) is 8.74. The predicted octanol–water partition coefficient (Wildman–Crippen LogP) is 2.15. The first kappa shape index (κ1) is 13.5. The van der Waals surface area contributed by atoms with Crippen LogP contribution in [0.25, 0.3) is 0 Å². The lowest BCUT2D eigenvalue weighted by Crippen LogP contribution is -2.52. The summed E-state index contributed by atoms with van der Waals surface area (Å²) in [5.74, 6) is 0.722. The maximum absolute atomic E-state index is 9.68. The Bertz CT molecular complexity index is 355. The van der Waals surface area contributed by atoms with Crippen LogP contribution in [0.15, 0.2) is 24.5 Å². The van der Waals surface area contributed by atoms with Crippen LogP contribution < -0.4 is 5.32 Å². The second-order valence-electron chi connectivity index (χ2n) is 5.67. The third kappa shape index (κ3) is 3.53. The van der Waals surface area contributed by atoms with Crippen LogP contribution in [0, 0.1) is 5.92 Å². The molecule has 0 saturated heterocycles. The van der Waals surface area contributed by atoms with Gasteiger partial charge in [-0.25, -0.2) is 0 Å². The molecule has 1 heterocycles. The van der Waals surface area contributed by atoms with E-state index in [4.69, 9.17) is 0 Å². The molecule has 0 bridgehead atoms. The van der Waals surface area contributed by atoms with Crippen molar-refractivity contribution in [3.63, 3.8) is 0 Å². The molecule has 3 nitrogen and oxygen atoms in total. The first-order valence-corrected chi connectivity index (χ1v) is 6.99. The van der Waals surface area contributed by atoms with Crippen molar-refractivity contribution in [3.05, 3.63) is 30.1 Å². The van der Waals surface area contributed by atoms with Gasteiger partial charge in [0.2, 0.25) is 0 Å². The smallest absolute Gasteiger partial charge is 0.0613 e. The van der Waals surface area contributed by atoms with Gasteiger partial charge in [-0.3, -0.25) is 4.98 Å². The molecule has 1 fully saturated rings. The Labute approximate surface area is 110 Å². The highest BCUT2D eigenvalue weighted by Gasteiger charge is 2.33. The largest absolute Gasteiger partial charge is 0.394 e. The van der Waals surface area contributed by atoms with Crippen LogP contribution in [-0.4, -0.2) is 28.8 Å². The molecule has 2 N–H and O–H groups in total. The zero-order valence-electron chi connectivity index (χ0n) is 11.2. The van der Waals surface area contributed by atoms with E-state index in [2.05, 4.69) is 29.4 Å². The molecule has 1 aliphatic carbocycles. The number of aromatic nitrogens is 1. The lowest BCUT2D eigenvalue weighted by Gasteiger charge is -2.39. The van der Waals surface area contributed by atoms with Crippen molar-refractivity contribution in [1.82, 2.24) is 10.3 Å². The predicted molar refractivity (Wildman–Crippen MR) is 73.4 cm³/mol. The second kappa shape index (κ2) is 6.30. The molecule has 18 heavy (non-hydrogen) atoms. The van der Waals surface area contributed by atoms with E-state index in [0.717, 1.165) is 31.7 Å². The zero-order chi connectivity index (χ0) is 12.8. The number of hydrogen-bond acceptors (Lipinski definition) is 3. The summed E-state index contributed by atoms with van der Waals surface area (Å²) < 4.78 is 0. The third-order valence-corrected chi connectivity index (χ3v) is 4.06. The van der Waals surface area contributed by atoms with Crippen molar-refractivity contribution >= 4 is 0 Å². The number of rotatable bonds is 5. The maximum atomic E-state index is 9.68. The summed E-state index contributed by atoms with van der Waals surface area (Å²) in [6, 6.07) is 4.10. The molecular formula is C15H24N2O. The minimum absolute atomic E-state index is 0.0370. The molecular weight excluding hydrogens is 224 g/mol. The number of pyridine rings is 1. The first-order valence-electron chi connectivity index (χ1n) is 6.99. The lowest BCUT2D eigenvalue weighted by atomic mass is 9.77. The molecule has 2 atom stereocenters. The van der Waals surface area contributed by atoms with E-state index in [0.29, 0.717) is 0 Å². The van der Waals surface area contributed by atoms with Crippen molar-refractivity contribution in [2.24, 2.45) is 5.92 Å². The monoisotopic (exact) mass is 248 g/mol. The molecule has 2 rings (SSSR count). The highest BCUT2D eigenvalue weighted by molar-refractivity contribution is 5.10. The Morgan fingerprint density at radius 1 is 1.44 bits per heavy atom.